The van der Waals surface area contributed by atoms with E-state index in [0.29, 0.717) is 17.8 Å². The monoisotopic (exact) mass is 337 g/mol. The normalized spacial score (nSPS) is 12.3. The Morgan fingerprint density at radius 2 is 1.92 bits per heavy atom. The van der Waals surface area contributed by atoms with Crippen LogP contribution in [0.15, 0.2) is 12.3 Å². The molecule has 0 aromatic carbocycles. The first-order valence-electron chi connectivity index (χ1n) is 7.68. The molecule has 0 aliphatic rings. The molecule has 128 valence electrons. The van der Waals surface area contributed by atoms with E-state index in [1.54, 1.807) is 30.3 Å². The molecule has 0 atom stereocenters. The van der Waals surface area contributed by atoms with Gasteiger partial charge in [-0.25, -0.2) is 9.67 Å². The Balaban J connectivity index is 2.36. The maximum atomic E-state index is 13.6. The SMILES string of the molecule is CCCn1nc(C)c2c(C(F)(F)F)cc(-c3cnn(C)c3C)nc21. The fraction of sp³-hybridized carbons (Fsp3) is 0.438. The van der Waals surface area contributed by atoms with E-state index in [1.165, 1.54) is 6.20 Å². The highest BCUT2D eigenvalue weighted by molar-refractivity contribution is 5.86. The van der Waals surface area contributed by atoms with Gasteiger partial charge in [0.05, 0.1) is 28.5 Å². The van der Waals surface area contributed by atoms with Gasteiger partial charge in [-0.2, -0.15) is 23.4 Å². The third-order valence-electron chi connectivity index (χ3n) is 4.13. The summed E-state index contributed by atoms with van der Waals surface area (Å²) in [4.78, 5) is 4.48. The summed E-state index contributed by atoms with van der Waals surface area (Å²) < 4.78 is 44.0. The van der Waals surface area contributed by atoms with Gasteiger partial charge in [0.15, 0.2) is 5.65 Å². The fourth-order valence-corrected chi connectivity index (χ4v) is 2.83. The van der Waals surface area contributed by atoms with Gasteiger partial charge in [0, 0.05) is 24.8 Å². The molecule has 0 N–H and O–H groups in total. The molecule has 0 radical (unpaired) electrons. The van der Waals surface area contributed by atoms with E-state index >= 15 is 0 Å². The van der Waals surface area contributed by atoms with Crippen LogP contribution in [0, 0.1) is 13.8 Å². The van der Waals surface area contributed by atoms with Crippen LogP contribution >= 0.6 is 0 Å². The van der Waals surface area contributed by atoms with Crippen LogP contribution in [0.3, 0.4) is 0 Å². The van der Waals surface area contributed by atoms with Crippen molar-refractivity contribution in [2.24, 2.45) is 7.05 Å². The van der Waals surface area contributed by atoms with Crippen molar-refractivity contribution in [3.63, 3.8) is 0 Å². The molecule has 0 spiro atoms. The van der Waals surface area contributed by atoms with Crippen LogP contribution in [0.25, 0.3) is 22.3 Å². The predicted molar refractivity (Wildman–Crippen MR) is 84.5 cm³/mol. The van der Waals surface area contributed by atoms with Crippen molar-refractivity contribution >= 4 is 11.0 Å². The number of aryl methyl sites for hydroxylation is 3. The van der Waals surface area contributed by atoms with E-state index in [1.807, 2.05) is 6.92 Å². The highest BCUT2D eigenvalue weighted by atomic mass is 19.4. The van der Waals surface area contributed by atoms with E-state index < -0.39 is 11.7 Å². The predicted octanol–water partition coefficient (Wildman–Crippen LogP) is 3.88. The first-order chi connectivity index (χ1) is 11.2. The molecular weight excluding hydrogens is 319 g/mol. The first kappa shape index (κ1) is 16.5. The van der Waals surface area contributed by atoms with Gasteiger partial charge >= 0.3 is 6.18 Å². The molecule has 0 saturated carbocycles. The molecule has 24 heavy (non-hydrogen) atoms. The minimum atomic E-state index is -4.48. The van der Waals surface area contributed by atoms with Crippen molar-refractivity contribution in [1.29, 1.82) is 0 Å². The zero-order valence-corrected chi connectivity index (χ0v) is 13.9. The Morgan fingerprint density at radius 3 is 2.46 bits per heavy atom. The van der Waals surface area contributed by atoms with Gasteiger partial charge in [0.2, 0.25) is 0 Å². The molecular formula is C16H18F3N5. The highest BCUT2D eigenvalue weighted by Crippen LogP contribution is 2.38. The minimum Gasteiger partial charge on any atom is -0.272 e. The molecule has 3 aromatic heterocycles. The van der Waals surface area contributed by atoms with Gasteiger partial charge < -0.3 is 0 Å². The summed E-state index contributed by atoms with van der Waals surface area (Å²) in [6.45, 7) is 5.85. The molecule has 3 aromatic rings. The Kier molecular flexibility index (Phi) is 3.85. The second-order valence-corrected chi connectivity index (χ2v) is 5.83. The summed E-state index contributed by atoms with van der Waals surface area (Å²) in [6.07, 6.45) is -2.18. The lowest BCUT2D eigenvalue weighted by molar-refractivity contribution is -0.136. The molecule has 3 heterocycles. The molecule has 0 unspecified atom stereocenters. The van der Waals surface area contributed by atoms with E-state index in [0.717, 1.165) is 18.2 Å². The topological polar surface area (TPSA) is 48.5 Å². The lowest BCUT2D eigenvalue weighted by Crippen LogP contribution is -2.08. The Morgan fingerprint density at radius 1 is 1.21 bits per heavy atom. The Labute approximate surface area is 137 Å². The number of halogens is 3. The summed E-state index contributed by atoms with van der Waals surface area (Å²) in [5.74, 6) is 0. The standard InChI is InChI=1S/C16H18F3N5/c1-5-6-24-15-14(9(2)22-24)12(16(17,18)19)7-13(21-15)11-8-20-23(4)10(11)3/h7-8H,5-6H2,1-4H3. The second-order valence-electron chi connectivity index (χ2n) is 5.83. The smallest absolute Gasteiger partial charge is 0.272 e. The Bertz CT molecular complexity index is 905. The van der Waals surface area contributed by atoms with Gasteiger partial charge in [-0.05, 0) is 26.3 Å². The maximum absolute atomic E-state index is 13.6. The molecule has 0 aliphatic heterocycles. The van der Waals surface area contributed by atoms with Gasteiger partial charge in [-0.1, -0.05) is 6.92 Å². The number of pyridine rings is 1. The minimum absolute atomic E-state index is 0.0706. The molecule has 5 nitrogen and oxygen atoms in total. The molecule has 0 aliphatic carbocycles. The number of hydrogen-bond acceptors (Lipinski definition) is 3. The lowest BCUT2D eigenvalue weighted by Gasteiger charge is -2.11. The van der Waals surface area contributed by atoms with Crippen molar-refractivity contribution < 1.29 is 13.2 Å². The molecule has 8 heteroatoms. The molecule has 0 bridgehead atoms. The number of nitrogens with zero attached hydrogens (tertiary/aromatic N) is 5. The van der Waals surface area contributed by atoms with Crippen molar-refractivity contribution in [1.82, 2.24) is 24.5 Å². The summed E-state index contributed by atoms with van der Waals surface area (Å²) in [7, 11) is 1.74. The quantitative estimate of drug-likeness (QED) is 0.729. The molecule has 3 rings (SSSR count). The summed E-state index contributed by atoms with van der Waals surface area (Å²) in [6, 6.07) is 1.09. The van der Waals surface area contributed by atoms with Crippen LogP contribution in [0.5, 0.6) is 0 Å². The third kappa shape index (κ3) is 2.55. The van der Waals surface area contributed by atoms with Gasteiger partial charge in [-0.15, -0.1) is 0 Å². The molecule has 0 amide bonds. The number of fused-ring (bicyclic) bond motifs is 1. The maximum Gasteiger partial charge on any atom is 0.417 e. The van der Waals surface area contributed by atoms with Gasteiger partial charge in [-0.3, -0.25) is 4.68 Å². The summed E-state index contributed by atoms with van der Waals surface area (Å²) in [5, 5.41) is 8.42. The van der Waals surface area contributed by atoms with Gasteiger partial charge in [0.1, 0.15) is 0 Å². The average molecular weight is 337 g/mol. The average Bonchev–Trinajstić information content (AvgIpc) is 2.99. The van der Waals surface area contributed by atoms with E-state index in [4.69, 9.17) is 0 Å². The van der Waals surface area contributed by atoms with Crippen molar-refractivity contribution in [3.8, 4) is 11.3 Å². The number of rotatable bonds is 3. The summed E-state index contributed by atoms with van der Waals surface area (Å²) in [5.41, 5.74) is 1.51. The van der Waals surface area contributed by atoms with Crippen LogP contribution in [0.1, 0.15) is 30.3 Å². The van der Waals surface area contributed by atoms with Crippen LogP contribution < -0.4 is 0 Å². The molecule has 0 fully saturated rings. The van der Waals surface area contributed by atoms with Crippen LogP contribution in [-0.2, 0) is 19.8 Å². The summed E-state index contributed by atoms with van der Waals surface area (Å²) >= 11 is 0. The van der Waals surface area contributed by atoms with Crippen molar-refractivity contribution in [3.05, 3.63) is 29.2 Å². The van der Waals surface area contributed by atoms with E-state index in [-0.39, 0.29) is 16.7 Å². The highest BCUT2D eigenvalue weighted by Gasteiger charge is 2.35. The van der Waals surface area contributed by atoms with Crippen LogP contribution in [-0.4, -0.2) is 24.5 Å². The third-order valence-corrected chi connectivity index (χ3v) is 4.13. The molecule has 0 saturated heterocycles. The van der Waals surface area contributed by atoms with Crippen LogP contribution in [0.2, 0.25) is 0 Å². The van der Waals surface area contributed by atoms with Crippen molar-refractivity contribution in [2.45, 2.75) is 39.9 Å². The van der Waals surface area contributed by atoms with Gasteiger partial charge in [0.25, 0.3) is 0 Å². The number of alkyl halides is 3. The van der Waals surface area contributed by atoms with E-state index in [2.05, 4.69) is 15.2 Å². The Hall–Kier alpha value is -2.38. The largest absolute Gasteiger partial charge is 0.417 e. The second kappa shape index (κ2) is 5.61. The zero-order chi connectivity index (χ0) is 17.6. The lowest BCUT2D eigenvalue weighted by atomic mass is 10.1. The van der Waals surface area contributed by atoms with Crippen molar-refractivity contribution in [2.75, 3.05) is 0 Å². The first-order valence-corrected chi connectivity index (χ1v) is 7.68. The number of hydrogen-bond donors (Lipinski definition) is 0. The van der Waals surface area contributed by atoms with E-state index in [9.17, 15) is 13.2 Å². The fourth-order valence-electron chi connectivity index (χ4n) is 2.83. The number of aromatic nitrogens is 5. The van der Waals surface area contributed by atoms with Crippen LogP contribution in [0.4, 0.5) is 13.2 Å². The zero-order valence-electron chi connectivity index (χ0n) is 13.9.